The van der Waals surface area contributed by atoms with Gasteiger partial charge in [-0.05, 0) is 37.6 Å². The van der Waals surface area contributed by atoms with Crippen LogP contribution in [0.1, 0.15) is 45.7 Å². The number of nitrogens with zero attached hydrogens (tertiary/aromatic N) is 2. The zero-order valence-corrected chi connectivity index (χ0v) is 13.5. The predicted octanol–water partition coefficient (Wildman–Crippen LogP) is 3.12. The van der Waals surface area contributed by atoms with E-state index in [1.54, 1.807) is 11.3 Å². The zero-order chi connectivity index (χ0) is 14.1. The lowest BCUT2D eigenvalue weighted by atomic mass is 9.63. The van der Waals surface area contributed by atoms with Gasteiger partial charge < -0.3 is 5.73 Å². The maximum atomic E-state index is 6.19. The Balaban J connectivity index is 2.16. The molecule has 0 bridgehead atoms. The monoisotopic (exact) mass is 281 g/mol. The fourth-order valence-electron chi connectivity index (χ4n) is 4.03. The number of aromatic nitrogens is 1. The smallest absolute Gasteiger partial charge is 0.0795 e. The molecule has 1 heterocycles. The van der Waals surface area contributed by atoms with Crippen molar-refractivity contribution in [2.24, 2.45) is 17.1 Å². The van der Waals surface area contributed by atoms with E-state index in [9.17, 15) is 0 Å². The number of likely N-dealkylation sites (N-methyl/N-ethyl adjacent to an activating group) is 1. The van der Waals surface area contributed by atoms with Crippen LogP contribution in [0.5, 0.6) is 0 Å². The molecule has 2 unspecified atom stereocenters. The van der Waals surface area contributed by atoms with Crippen LogP contribution in [0.15, 0.2) is 10.9 Å². The first kappa shape index (κ1) is 14.9. The molecule has 1 aliphatic carbocycles. The Morgan fingerprint density at radius 1 is 1.47 bits per heavy atom. The van der Waals surface area contributed by atoms with Crippen molar-refractivity contribution in [3.8, 4) is 0 Å². The van der Waals surface area contributed by atoms with Crippen molar-refractivity contribution < 1.29 is 0 Å². The van der Waals surface area contributed by atoms with E-state index in [-0.39, 0.29) is 5.54 Å². The Bertz CT molecular complexity index is 402. The Morgan fingerprint density at radius 3 is 2.74 bits per heavy atom. The Labute approximate surface area is 121 Å². The summed E-state index contributed by atoms with van der Waals surface area (Å²) in [5, 5.41) is 2.14. The van der Waals surface area contributed by atoms with Crippen molar-refractivity contribution in [1.29, 1.82) is 0 Å². The lowest BCUT2D eigenvalue weighted by Crippen LogP contribution is -2.57. The predicted molar refractivity (Wildman–Crippen MR) is 82.2 cm³/mol. The fraction of sp³-hybridized carbons (Fsp3) is 0.800. The molecule has 1 aliphatic rings. The van der Waals surface area contributed by atoms with Gasteiger partial charge in [0.15, 0.2) is 0 Å². The molecule has 1 aromatic rings. The third-order valence-corrected chi connectivity index (χ3v) is 5.14. The quantitative estimate of drug-likeness (QED) is 0.922. The number of rotatable bonds is 4. The second-order valence-corrected chi connectivity index (χ2v) is 7.84. The summed E-state index contributed by atoms with van der Waals surface area (Å²) < 4.78 is 0. The second-order valence-electron chi connectivity index (χ2n) is 7.12. The topological polar surface area (TPSA) is 42.1 Å². The normalized spacial score (nSPS) is 30.7. The van der Waals surface area contributed by atoms with Crippen LogP contribution in [-0.2, 0) is 6.54 Å². The van der Waals surface area contributed by atoms with E-state index < -0.39 is 0 Å². The Kier molecular flexibility index (Phi) is 4.33. The highest BCUT2D eigenvalue weighted by Gasteiger charge is 2.44. The minimum Gasteiger partial charge on any atom is -0.329 e. The molecule has 2 rings (SSSR count). The maximum Gasteiger partial charge on any atom is 0.0795 e. The molecular formula is C15H27N3S. The lowest BCUT2D eigenvalue weighted by molar-refractivity contribution is -0.00164. The number of thiazole rings is 1. The molecule has 3 nitrogen and oxygen atoms in total. The van der Waals surface area contributed by atoms with Crippen molar-refractivity contribution in [2.45, 2.75) is 52.1 Å². The Morgan fingerprint density at radius 2 is 2.21 bits per heavy atom. The van der Waals surface area contributed by atoms with Crippen LogP contribution >= 0.6 is 11.3 Å². The van der Waals surface area contributed by atoms with Gasteiger partial charge in [0.1, 0.15) is 0 Å². The second kappa shape index (κ2) is 5.51. The van der Waals surface area contributed by atoms with Crippen LogP contribution in [0.3, 0.4) is 0 Å². The molecule has 0 amide bonds. The van der Waals surface area contributed by atoms with Gasteiger partial charge in [-0.2, -0.15) is 0 Å². The number of hydrogen-bond donors (Lipinski definition) is 1. The third kappa shape index (κ3) is 3.36. The fourth-order valence-corrected chi connectivity index (χ4v) is 4.58. The highest BCUT2D eigenvalue weighted by molar-refractivity contribution is 7.07. The van der Waals surface area contributed by atoms with Gasteiger partial charge in [0.05, 0.1) is 11.2 Å². The summed E-state index contributed by atoms with van der Waals surface area (Å²) in [5.41, 5.74) is 9.78. The number of hydrogen-bond acceptors (Lipinski definition) is 4. The van der Waals surface area contributed by atoms with Crippen LogP contribution in [-0.4, -0.2) is 29.0 Å². The molecule has 4 heteroatoms. The van der Waals surface area contributed by atoms with Crippen molar-refractivity contribution in [1.82, 2.24) is 9.88 Å². The Hall–Kier alpha value is -0.450. The molecule has 0 spiro atoms. The van der Waals surface area contributed by atoms with Gasteiger partial charge in [0.2, 0.25) is 0 Å². The van der Waals surface area contributed by atoms with E-state index >= 15 is 0 Å². The van der Waals surface area contributed by atoms with Gasteiger partial charge in [0, 0.05) is 24.0 Å². The lowest BCUT2D eigenvalue weighted by Gasteiger charge is -2.51. The van der Waals surface area contributed by atoms with Gasteiger partial charge in [-0.25, -0.2) is 4.98 Å². The van der Waals surface area contributed by atoms with Crippen LogP contribution in [0.4, 0.5) is 0 Å². The van der Waals surface area contributed by atoms with E-state index in [1.165, 1.54) is 19.3 Å². The van der Waals surface area contributed by atoms with Crippen LogP contribution in [0.2, 0.25) is 0 Å². The van der Waals surface area contributed by atoms with Gasteiger partial charge in [0.25, 0.3) is 0 Å². The number of nitrogens with two attached hydrogens (primary N) is 1. The minimum atomic E-state index is 0.130. The molecule has 2 N–H and O–H groups in total. The van der Waals surface area contributed by atoms with Crippen LogP contribution < -0.4 is 5.73 Å². The summed E-state index contributed by atoms with van der Waals surface area (Å²) in [7, 11) is 2.21. The van der Waals surface area contributed by atoms with Crippen LogP contribution in [0, 0.1) is 11.3 Å². The van der Waals surface area contributed by atoms with Gasteiger partial charge in [-0.15, -0.1) is 11.3 Å². The molecule has 0 aliphatic heterocycles. The first-order chi connectivity index (χ1) is 8.87. The van der Waals surface area contributed by atoms with Gasteiger partial charge in [-0.3, -0.25) is 4.90 Å². The van der Waals surface area contributed by atoms with E-state index in [1.807, 2.05) is 5.51 Å². The van der Waals surface area contributed by atoms with Crippen molar-refractivity contribution in [2.75, 3.05) is 13.6 Å². The van der Waals surface area contributed by atoms with Gasteiger partial charge >= 0.3 is 0 Å². The summed E-state index contributed by atoms with van der Waals surface area (Å²) in [5.74, 6) is 0.741. The van der Waals surface area contributed by atoms with E-state index in [2.05, 4.69) is 43.1 Å². The summed E-state index contributed by atoms with van der Waals surface area (Å²) >= 11 is 1.67. The largest absolute Gasteiger partial charge is 0.329 e. The average molecular weight is 281 g/mol. The van der Waals surface area contributed by atoms with Crippen molar-refractivity contribution in [3.63, 3.8) is 0 Å². The van der Waals surface area contributed by atoms with Crippen molar-refractivity contribution >= 4 is 11.3 Å². The highest BCUT2D eigenvalue weighted by atomic mass is 32.1. The molecule has 19 heavy (non-hydrogen) atoms. The summed E-state index contributed by atoms with van der Waals surface area (Å²) in [4.78, 5) is 6.85. The zero-order valence-electron chi connectivity index (χ0n) is 12.6. The SMILES string of the molecule is CC1CC(C)(C)CC(CN)(N(C)Cc2cscn2)C1. The summed E-state index contributed by atoms with van der Waals surface area (Å²) in [6.07, 6.45) is 3.69. The first-order valence-electron chi connectivity index (χ1n) is 7.15. The molecule has 0 aromatic carbocycles. The molecule has 0 radical (unpaired) electrons. The average Bonchev–Trinajstić information content (AvgIpc) is 2.78. The van der Waals surface area contributed by atoms with E-state index in [0.717, 1.165) is 24.7 Å². The molecule has 0 saturated heterocycles. The summed E-state index contributed by atoms with van der Waals surface area (Å²) in [6.45, 7) is 8.76. The van der Waals surface area contributed by atoms with Crippen molar-refractivity contribution in [3.05, 3.63) is 16.6 Å². The highest BCUT2D eigenvalue weighted by Crippen LogP contribution is 2.46. The molecule has 1 aromatic heterocycles. The molecule has 108 valence electrons. The van der Waals surface area contributed by atoms with E-state index in [0.29, 0.717) is 5.41 Å². The van der Waals surface area contributed by atoms with Crippen LogP contribution in [0.25, 0.3) is 0 Å². The minimum absolute atomic E-state index is 0.130. The molecular weight excluding hydrogens is 254 g/mol. The van der Waals surface area contributed by atoms with Gasteiger partial charge in [-0.1, -0.05) is 20.8 Å². The molecule has 2 atom stereocenters. The first-order valence-corrected chi connectivity index (χ1v) is 8.10. The standard InChI is InChI=1S/C15H27N3S/c1-12-5-14(2,3)9-15(6-12,10-16)18(4)7-13-8-19-11-17-13/h8,11-12H,5-7,9-10,16H2,1-4H3. The van der Waals surface area contributed by atoms with E-state index in [4.69, 9.17) is 5.73 Å². The summed E-state index contributed by atoms with van der Waals surface area (Å²) in [6, 6.07) is 0. The maximum absolute atomic E-state index is 6.19. The third-order valence-electron chi connectivity index (χ3n) is 4.51. The molecule has 1 fully saturated rings. The molecule has 1 saturated carbocycles.